The van der Waals surface area contributed by atoms with Crippen LogP contribution in [0.25, 0.3) is 6.08 Å². The number of carboxylic acid groups (broad SMARTS) is 1. The number of aromatic amines is 1. The highest BCUT2D eigenvalue weighted by molar-refractivity contribution is 7.10. The standard InChI is InChI=1S/C14H12N2O4S/c17-12-3-1-2-10(16-12)14(20)15-8-11-9(6-7-21-11)4-5-13(18)19/h1-7H,8H2,(H,15,20)(H,16,17)(H,18,19)/b5-4+. The second-order valence-corrected chi connectivity index (χ2v) is 5.08. The molecule has 108 valence electrons. The molecule has 2 rings (SSSR count). The van der Waals surface area contributed by atoms with Gasteiger partial charge in [0.2, 0.25) is 5.56 Å². The van der Waals surface area contributed by atoms with Gasteiger partial charge in [-0.1, -0.05) is 6.07 Å². The zero-order valence-electron chi connectivity index (χ0n) is 10.8. The van der Waals surface area contributed by atoms with Gasteiger partial charge in [-0.05, 0) is 29.2 Å². The van der Waals surface area contributed by atoms with Gasteiger partial charge >= 0.3 is 5.97 Å². The first-order valence-corrected chi connectivity index (χ1v) is 6.89. The third-order valence-electron chi connectivity index (χ3n) is 2.61. The Balaban J connectivity index is 2.04. The normalized spacial score (nSPS) is 10.7. The Hall–Kier alpha value is -2.67. The van der Waals surface area contributed by atoms with E-state index in [1.807, 2.05) is 5.38 Å². The van der Waals surface area contributed by atoms with Crippen molar-refractivity contribution in [3.05, 3.63) is 62.2 Å². The maximum absolute atomic E-state index is 11.9. The summed E-state index contributed by atoms with van der Waals surface area (Å²) in [5.74, 6) is -1.42. The van der Waals surface area contributed by atoms with E-state index in [0.29, 0.717) is 0 Å². The van der Waals surface area contributed by atoms with Crippen LogP contribution < -0.4 is 10.9 Å². The summed E-state index contributed by atoms with van der Waals surface area (Å²) in [5.41, 5.74) is 0.579. The molecule has 0 aromatic carbocycles. The molecule has 0 saturated heterocycles. The lowest BCUT2D eigenvalue weighted by Gasteiger charge is -2.04. The second kappa shape index (κ2) is 6.67. The molecule has 0 radical (unpaired) electrons. The van der Waals surface area contributed by atoms with Crippen LogP contribution in [0.2, 0.25) is 0 Å². The largest absolute Gasteiger partial charge is 0.478 e. The molecule has 2 heterocycles. The number of hydrogen-bond acceptors (Lipinski definition) is 4. The van der Waals surface area contributed by atoms with Crippen LogP contribution in [0.3, 0.4) is 0 Å². The number of amides is 1. The zero-order valence-corrected chi connectivity index (χ0v) is 11.6. The average Bonchev–Trinajstić information content (AvgIpc) is 2.90. The van der Waals surface area contributed by atoms with E-state index in [0.717, 1.165) is 16.5 Å². The van der Waals surface area contributed by atoms with Crippen LogP contribution >= 0.6 is 11.3 Å². The lowest BCUT2D eigenvalue weighted by Crippen LogP contribution is -2.25. The predicted molar refractivity (Wildman–Crippen MR) is 79.2 cm³/mol. The van der Waals surface area contributed by atoms with Gasteiger partial charge in [-0.25, -0.2) is 4.79 Å². The summed E-state index contributed by atoms with van der Waals surface area (Å²) >= 11 is 1.41. The van der Waals surface area contributed by atoms with Crippen LogP contribution in [0.5, 0.6) is 0 Å². The van der Waals surface area contributed by atoms with Crippen LogP contribution in [0, 0.1) is 0 Å². The van der Waals surface area contributed by atoms with Crippen LogP contribution in [-0.2, 0) is 11.3 Å². The molecule has 0 aliphatic heterocycles. The van der Waals surface area contributed by atoms with E-state index in [4.69, 9.17) is 5.11 Å². The predicted octanol–water partition coefficient (Wildman–Crippen LogP) is 1.46. The fraction of sp³-hybridized carbons (Fsp3) is 0.0714. The van der Waals surface area contributed by atoms with E-state index in [2.05, 4.69) is 10.3 Å². The maximum atomic E-state index is 11.9. The number of carboxylic acids is 1. The van der Waals surface area contributed by atoms with Crippen molar-refractivity contribution in [3.8, 4) is 0 Å². The average molecular weight is 304 g/mol. The van der Waals surface area contributed by atoms with Gasteiger partial charge in [0.15, 0.2) is 0 Å². The molecule has 6 nitrogen and oxygen atoms in total. The number of hydrogen-bond donors (Lipinski definition) is 3. The number of nitrogens with one attached hydrogen (secondary N) is 2. The molecule has 0 atom stereocenters. The van der Waals surface area contributed by atoms with Crippen LogP contribution in [-0.4, -0.2) is 22.0 Å². The van der Waals surface area contributed by atoms with Crippen molar-refractivity contribution in [2.75, 3.05) is 0 Å². The van der Waals surface area contributed by atoms with Gasteiger partial charge < -0.3 is 15.4 Å². The van der Waals surface area contributed by atoms with E-state index in [1.165, 1.54) is 35.6 Å². The Kier molecular flexibility index (Phi) is 4.68. The summed E-state index contributed by atoms with van der Waals surface area (Å²) in [5, 5.41) is 13.1. The molecule has 0 bridgehead atoms. The minimum Gasteiger partial charge on any atom is -0.478 e. The van der Waals surface area contributed by atoms with Gasteiger partial charge in [-0.15, -0.1) is 11.3 Å². The first kappa shape index (κ1) is 14.7. The van der Waals surface area contributed by atoms with Gasteiger partial charge in [0, 0.05) is 17.0 Å². The summed E-state index contributed by atoms with van der Waals surface area (Å²) in [6, 6.07) is 6.11. The Labute approximate surface area is 123 Å². The highest BCUT2D eigenvalue weighted by Gasteiger charge is 2.08. The van der Waals surface area contributed by atoms with Gasteiger partial charge in [-0.2, -0.15) is 0 Å². The third-order valence-corrected chi connectivity index (χ3v) is 3.54. The molecule has 3 N–H and O–H groups in total. The number of thiophene rings is 1. The summed E-state index contributed by atoms with van der Waals surface area (Å²) in [6.07, 6.45) is 2.52. The van der Waals surface area contributed by atoms with Crippen molar-refractivity contribution in [3.63, 3.8) is 0 Å². The zero-order chi connectivity index (χ0) is 15.2. The summed E-state index contributed by atoms with van der Waals surface area (Å²) in [6.45, 7) is 0.257. The third kappa shape index (κ3) is 4.15. The van der Waals surface area contributed by atoms with E-state index in [-0.39, 0.29) is 17.8 Å². The fourth-order valence-electron chi connectivity index (χ4n) is 1.64. The number of aromatic nitrogens is 1. The number of carbonyl (C=O) groups is 2. The summed E-state index contributed by atoms with van der Waals surface area (Å²) < 4.78 is 0. The highest BCUT2D eigenvalue weighted by Crippen LogP contribution is 2.18. The van der Waals surface area contributed by atoms with Crippen molar-refractivity contribution < 1.29 is 14.7 Å². The van der Waals surface area contributed by atoms with Gasteiger partial charge in [0.05, 0.1) is 6.54 Å². The molecule has 2 aromatic rings. The Morgan fingerprint density at radius 2 is 2.14 bits per heavy atom. The molecule has 0 aliphatic carbocycles. The fourth-order valence-corrected chi connectivity index (χ4v) is 2.45. The molecule has 0 saturated carbocycles. The van der Waals surface area contributed by atoms with Crippen molar-refractivity contribution in [1.82, 2.24) is 10.3 Å². The van der Waals surface area contributed by atoms with Gasteiger partial charge in [0.25, 0.3) is 5.91 Å². The Bertz CT molecular complexity index is 745. The Morgan fingerprint density at radius 3 is 2.86 bits per heavy atom. The first-order valence-electron chi connectivity index (χ1n) is 6.01. The molecule has 0 spiro atoms. The van der Waals surface area contributed by atoms with Crippen molar-refractivity contribution in [2.24, 2.45) is 0 Å². The smallest absolute Gasteiger partial charge is 0.328 e. The molecular weight excluding hydrogens is 292 g/mol. The van der Waals surface area contributed by atoms with Crippen molar-refractivity contribution in [1.29, 1.82) is 0 Å². The molecule has 0 unspecified atom stereocenters. The SMILES string of the molecule is O=C(O)/C=C/c1ccsc1CNC(=O)c1cccc(=O)[nH]1. The summed E-state index contributed by atoms with van der Waals surface area (Å²) in [7, 11) is 0. The quantitative estimate of drug-likeness (QED) is 0.728. The topological polar surface area (TPSA) is 99.3 Å². The number of rotatable bonds is 5. The number of aliphatic carboxylic acids is 1. The first-order chi connectivity index (χ1) is 10.1. The van der Waals surface area contributed by atoms with Crippen molar-refractivity contribution in [2.45, 2.75) is 6.54 Å². The summed E-state index contributed by atoms with van der Waals surface area (Å²) in [4.78, 5) is 36.8. The van der Waals surface area contributed by atoms with E-state index in [1.54, 1.807) is 6.07 Å². The highest BCUT2D eigenvalue weighted by atomic mass is 32.1. The van der Waals surface area contributed by atoms with Crippen LogP contribution in [0.4, 0.5) is 0 Å². The molecule has 0 aliphatic rings. The lowest BCUT2D eigenvalue weighted by atomic mass is 10.2. The monoisotopic (exact) mass is 304 g/mol. The van der Waals surface area contributed by atoms with Crippen LogP contribution in [0.15, 0.2) is 40.5 Å². The maximum Gasteiger partial charge on any atom is 0.328 e. The minimum atomic E-state index is -1.03. The second-order valence-electron chi connectivity index (χ2n) is 4.08. The number of pyridine rings is 1. The lowest BCUT2D eigenvalue weighted by molar-refractivity contribution is -0.131. The minimum absolute atomic E-state index is 0.182. The number of carbonyl (C=O) groups excluding carboxylic acids is 1. The van der Waals surface area contributed by atoms with E-state index in [9.17, 15) is 14.4 Å². The molecular formula is C14H12N2O4S. The molecule has 0 fully saturated rings. The van der Waals surface area contributed by atoms with Gasteiger partial charge in [0.1, 0.15) is 5.69 Å². The Morgan fingerprint density at radius 1 is 1.33 bits per heavy atom. The number of H-pyrrole nitrogens is 1. The van der Waals surface area contributed by atoms with Crippen LogP contribution in [0.1, 0.15) is 20.9 Å². The molecule has 21 heavy (non-hydrogen) atoms. The molecule has 7 heteroatoms. The molecule has 2 aromatic heterocycles. The van der Waals surface area contributed by atoms with Gasteiger partial charge in [-0.3, -0.25) is 9.59 Å². The van der Waals surface area contributed by atoms with E-state index >= 15 is 0 Å². The van der Waals surface area contributed by atoms with Crippen molar-refractivity contribution >= 4 is 29.3 Å². The molecule has 1 amide bonds. The van der Waals surface area contributed by atoms with E-state index < -0.39 is 11.9 Å².